The van der Waals surface area contributed by atoms with Crippen molar-refractivity contribution in [2.24, 2.45) is 0 Å². The summed E-state index contributed by atoms with van der Waals surface area (Å²) < 4.78 is 37.2. The van der Waals surface area contributed by atoms with Crippen molar-refractivity contribution in [2.45, 2.75) is 0 Å². The van der Waals surface area contributed by atoms with Gasteiger partial charge in [-0.25, -0.2) is 4.18 Å². The smallest absolute Gasteiger partial charge is 0.382 e. The Morgan fingerprint density at radius 2 is 1.89 bits per heavy atom. The number of ether oxygens (including phenoxy) is 1. The van der Waals surface area contributed by atoms with Crippen LogP contribution in [0.3, 0.4) is 0 Å². The molecule has 0 N–H and O–H groups in total. The first kappa shape index (κ1) is 8.83. The maximum atomic E-state index is 9.67. The van der Waals surface area contributed by atoms with E-state index in [1.54, 1.807) is 0 Å². The summed E-state index contributed by atoms with van der Waals surface area (Å²) in [4.78, 5) is 0. The van der Waals surface area contributed by atoms with Gasteiger partial charge in [0.1, 0.15) is 0 Å². The summed E-state index contributed by atoms with van der Waals surface area (Å²) in [6.07, 6.45) is 0. The van der Waals surface area contributed by atoms with E-state index in [4.69, 9.17) is 0 Å². The lowest BCUT2D eigenvalue weighted by Gasteiger charge is -1.94. The Bertz CT molecular complexity index is 148. The number of rotatable bonds is 4. The van der Waals surface area contributed by atoms with Gasteiger partial charge in [-0.15, -0.1) is 0 Å². The molecule has 0 fully saturated rings. The fraction of sp³-hybridized carbons (Fsp3) is 1.00. The molecule has 0 saturated carbocycles. The lowest BCUT2D eigenvalue weighted by molar-refractivity contribution is 0.136. The molecule has 6 heteroatoms. The van der Waals surface area contributed by atoms with Crippen LogP contribution in [0.5, 0.6) is 0 Å². The predicted octanol–water partition coefficient (Wildman–Crippen LogP) is -0.675. The van der Waals surface area contributed by atoms with Gasteiger partial charge in [0.05, 0.1) is 13.2 Å². The second-order valence-electron chi connectivity index (χ2n) is 1.22. The van der Waals surface area contributed by atoms with E-state index in [1.165, 1.54) is 7.11 Å². The van der Waals surface area contributed by atoms with Crippen LogP contribution < -0.4 is 0 Å². The fourth-order valence-electron chi connectivity index (χ4n) is 0.219. The Balaban J connectivity index is 3.30. The maximum Gasteiger partial charge on any atom is 0.427 e. The lowest BCUT2D eigenvalue weighted by atomic mass is 10.8. The molecule has 0 aromatic carbocycles. The first-order chi connectivity index (χ1) is 4.06. The Labute approximate surface area is 53.5 Å². The fourth-order valence-corrected chi connectivity index (χ4v) is 0.492. The van der Waals surface area contributed by atoms with E-state index in [2.05, 4.69) is 8.92 Å². The van der Waals surface area contributed by atoms with Gasteiger partial charge in [-0.2, -0.15) is 8.42 Å². The Morgan fingerprint density at radius 3 is 2.22 bits per heavy atom. The van der Waals surface area contributed by atoms with Gasteiger partial charge >= 0.3 is 10.4 Å². The molecule has 0 heterocycles. The third-order valence-corrected chi connectivity index (χ3v) is 0.970. The van der Waals surface area contributed by atoms with Gasteiger partial charge in [0, 0.05) is 7.11 Å². The highest BCUT2D eigenvalue weighted by Crippen LogP contribution is 1.85. The third kappa shape index (κ3) is 7.83. The topological polar surface area (TPSA) is 72.5 Å². The summed E-state index contributed by atoms with van der Waals surface area (Å²) >= 11 is 0. The van der Waals surface area contributed by atoms with Crippen LogP contribution in [-0.2, 0) is 23.9 Å². The molecular formula is C3H7O5S. The van der Waals surface area contributed by atoms with Crippen molar-refractivity contribution in [3.05, 3.63) is 0 Å². The summed E-state index contributed by atoms with van der Waals surface area (Å²) in [6.45, 7) is -0.121. The van der Waals surface area contributed by atoms with Gasteiger partial charge in [0.15, 0.2) is 0 Å². The van der Waals surface area contributed by atoms with Crippen LogP contribution in [0.25, 0.3) is 0 Å². The summed E-state index contributed by atoms with van der Waals surface area (Å²) in [6, 6.07) is 0. The van der Waals surface area contributed by atoms with Crippen LogP contribution in [0.2, 0.25) is 0 Å². The zero-order valence-electron chi connectivity index (χ0n) is 4.86. The van der Waals surface area contributed by atoms with Gasteiger partial charge in [0.25, 0.3) is 0 Å². The quantitative estimate of drug-likeness (QED) is 0.504. The molecule has 0 aliphatic rings. The molecule has 0 bridgehead atoms. The molecule has 9 heavy (non-hydrogen) atoms. The second-order valence-corrected chi connectivity index (χ2v) is 2.28. The predicted molar refractivity (Wildman–Crippen MR) is 27.4 cm³/mol. The minimum absolute atomic E-state index is 0.0987. The minimum atomic E-state index is -4.53. The van der Waals surface area contributed by atoms with Crippen molar-refractivity contribution in [3.8, 4) is 0 Å². The first-order valence-corrected chi connectivity index (χ1v) is 3.49. The van der Waals surface area contributed by atoms with Crippen LogP contribution in [0.15, 0.2) is 0 Å². The Morgan fingerprint density at radius 1 is 1.33 bits per heavy atom. The molecule has 0 atom stereocenters. The van der Waals surface area contributed by atoms with E-state index >= 15 is 0 Å². The zero-order valence-corrected chi connectivity index (χ0v) is 5.68. The summed E-state index contributed by atoms with van der Waals surface area (Å²) in [7, 11) is -3.15. The molecule has 0 aliphatic heterocycles. The van der Waals surface area contributed by atoms with Crippen LogP contribution >= 0.6 is 0 Å². The molecule has 0 rings (SSSR count). The highest BCUT2D eigenvalue weighted by Gasteiger charge is 2.04. The summed E-state index contributed by atoms with van der Waals surface area (Å²) in [5.74, 6) is 0. The van der Waals surface area contributed by atoms with E-state index in [9.17, 15) is 13.0 Å². The summed E-state index contributed by atoms with van der Waals surface area (Å²) in [5, 5.41) is 0. The molecule has 0 saturated heterocycles. The zero-order chi connectivity index (χ0) is 7.33. The van der Waals surface area contributed by atoms with Crippen molar-refractivity contribution < 1.29 is 21.9 Å². The minimum Gasteiger partial charge on any atom is -0.382 e. The molecule has 0 unspecified atom stereocenters. The molecule has 0 aliphatic carbocycles. The van der Waals surface area contributed by atoms with Gasteiger partial charge < -0.3 is 4.74 Å². The average Bonchev–Trinajstić information content (AvgIpc) is 1.63. The van der Waals surface area contributed by atoms with E-state index in [0.29, 0.717) is 0 Å². The highest BCUT2D eigenvalue weighted by molar-refractivity contribution is 7.80. The monoisotopic (exact) mass is 155 g/mol. The Hall–Kier alpha value is -0.170. The Kier molecular flexibility index (Phi) is 3.71. The molecular weight excluding hydrogens is 148 g/mol. The normalized spacial score (nSPS) is 11.8. The van der Waals surface area contributed by atoms with Crippen LogP contribution in [-0.4, -0.2) is 28.7 Å². The molecule has 0 aromatic rings. The van der Waals surface area contributed by atoms with Gasteiger partial charge in [-0.3, -0.25) is 0 Å². The van der Waals surface area contributed by atoms with Crippen LogP contribution in [0.1, 0.15) is 0 Å². The van der Waals surface area contributed by atoms with Crippen molar-refractivity contribution in [3.63, 3.8) is 0 Å². The molecule has 55 valence electrons. The van der Waals surface area contributed by atoms with Crippen LogP contribution in [0.4, 0.5) is 0 Å². The molecule has 0 amide bonds. The lowest BCUT2D eigenvalue weighted by Crippen LogP contribution is -2.07. The van der Waals surface area contributed by atoms with Crippen LogP contribution in [0, 0.1) is 0 Å². The maximum absolute atomic E-state index is 9.67. The van der Waals surface area contributed by atoms with Crippen molar-refractivity contribution in [2.75, 3.05) is 20.3 Å². The van der Waals surface area contributed by atoms with Gasteiger partial charge in [0.2, 0.25) is 0 Å². The standard InChI is InChI=1S/C3H7O5S/c1-7-2-3-8-9(4,5)6/h2-3H2,1H3. The van der Waals surface area contributed by atoms with E-state index < -0.39 is 10.4 Å². The average molecular weight is 155 g/mol. The summed E-state index contributed by atoms with van der Waals surface area (Å²) in [5.41, 5.74) is 0. The van der Waals surface area contributed by atoms with E-state index in [0.717, 1.165) is 0 Å². The first-order valence-electron chi connectivity index (χ1n) is 2.15. The second kappa shape index (κ2) is 3.78. The van der Waals surface area contributed by atoms with Gasteiger partial charge in [-0.1, -0.05) is 4.55 Å². The number of methoxy groups -OCH3 is 1. The third-order valence-electron chi connectivity index (χ3n) is 0.515. The van der Waals surface area contributed by atoms with Crippen molar-refractivity contribution in [1.82, 2.24) is 0 Å². The van der Waals surface area contributed by atoms with E-state index in [-0.39, 0.29) is 13.2 Å². The van der Waals surface area contributed by atoms with E-state index in [1.807, 2.05) is 0 Å². The van der Waals surface area contributed by atoms with Crippen molar-refractivity contribution >= 4 is 10.4 Å². The molecule has 0 spiro atoms. The largest absolute Gasteiger partial charge is 0.427 e. The molecule has 1 radical (unpaired) electrons. The molecule has 0 aromatic heterocycles. The van der Waals surface area contributed by atoms with Gasteiger partial charge in [-0.05, 0) is 0 Å². The highest BCUT2D eigenvalue weighted by atomic mass is 32.3. The number of hydrogen-bond acceptors (Lipinski definition) is 4. The van der Waals surface area contributed by atoms with Crippen molar-refractivity contribution in [1.29, 1.82) is 0 Å². The SMILES string of the molecule is COCCOS([O])(=O)=O. The number of hydrogen-bond donors (Lipinski definition) is 0. The molecule has 5 nitrogen and oxygen atoms in total.